The molecule has 0 amide bonds. The molecule has 0 saturated heterocycles. The van der Waals surface area contributed by atoms with E-state index in [1.54, 1.807) is 0 Å². The van der Waals surface area contributed by atoms with Gasteiger partial charge < -0.3 is 0 Å². The van der Waals surface area contributed by atoms with E-state index in [9.17, 15) is 10.1 Å². The van der Waals surface area contributed by atoms with Gasteiger partial charge in [-0.25, -0.2) is 15.3 Å². The van der Waals surface area contributed by atoms with Crippen molar-refractivity contribution < 1.29 is 10.2 Å². The first kappa shape index (κ1) is 7.42. The number of rotatable bonds is 2. The Morgan fingerprint density at radius 1 is 1.55 bits per heavy atom. The number of hydrazine groups is 1. The van der Waals surface area contributed by atoms with Crippen molar-refractivity contribution in [1.82, 2.24) is 4.98 Å². The molecule has 0 saturated carbocycles. The molecule has 0 aliphatic heterocycles. The molecule has 1 aromatic heterocycles. The van der Waals surface area contributed by atoms with Crippen molar-refractivity contribution in [2.75, 3.05) is 5.17 Å². The summed E-state index contributed by atoms with van der Waals surface area (Å²) in [6.45, 7) is 0. The number of nitro groups is 1. The Morgan fingerprint density at radius 3 is 2.55 bits per heavy atom. The van der Waals surface area contributed by atoms with Crippen LogP contribution in [0.25, 0.3) is 0 Å². The van der Waals surface area contributed by atoms with Crippen LogP contribution in [0.1, 0.15) is 0 Å². The molecule has 1 N–H and O–H groups in total. The molecule has 0 aliphatic rings. The Kier molecular flexibility index (Phi) is 1.98. The zero-order valence-electron chi connectivity index (χ0n) is 5.41. The van der Waals surface area contributed by atoms with Gasteiger partial charge in [-0.15, -0.1) is 0 Å². The molecule has 6 heteroatoms. The Bertz CT molecular complexity index is 250. The molecule has 0 bridgehead atoms. The molecule has 1 aromatic rings. The zero-order valence-corrected chi connectivity index (χ0v) is 5.41. The van der Waals surface area contributed by atoms with Crippen LogP contribution in [0.15, 0.2) is 24.5 Å². The summed E-state index contributed by atoms with van der Waals surface area (Å²) in [4.78, 5) is 13.6. The number of pyridine rings is 1. The van der Waals surface area contributed by atoms with E-state index in [-0.39, 0.29) is 10.9 Å². The minimum absolute atomic E-state index is 0.0678. The predicted molar refractivity (Wildman–Crippen MR) is 35.5 cm³/mol. The summed E-state index contributed by atoms with van der Waals surface area (Å²) in [5.41, 5.74) is 0.0741. The molecular weight excluding hydrogens is 150 g/mol. The van der Waals surface area contributed by atoms with Crippen LogP contribution in [0.2, 0.25) is 0 Å². The van der Waals surface area contributed by atoms with E-state index in [1.807, 2.05) is 0 Å². The van der Waals surface area contributed by atoms with E-state index in [1.165, 1.54) is 24.5 Å². The molecule has 11 heavy (non-hydrogen) atoms. The van der Waals surface area contributed by atoms with Crippen molar-refractivity contribution in [3.8, 4) is 0 Å². The maximum Gasteiger partial charge on any atom is 0.192 e. The highest BCUT2D eigenvalue weighted by Crippen LogP contribution is 2.08. The number of aromatic nitrogens is 1. The quantitative estimate of drug-likeness (QED) is 0.496. The zero-order chi connectivity index (χ0) is 8.27. The molecule has 0 fully saturated rings. The highest BCUT2D eigenvalue weighted by Gasteiger charge is 2.11. The molecule has 58 valence electrons. The summed E-state index contributed by atoms with van der Waals surface area (Å²) >= 11 is 0. The highest BCUT2D eigenvalue weighted by atomic mass is 16.8. The van der Waals surface area contributed by atoms with Crippen LogP contribution in [0.3, 0.4) is 0 Å². The van der Waals surface area contributed by atoms with Gasteiger partial charge in [0.25, 0.3) is 0 Å². The van der Waals surface area contributed by atoms with Gasteiger partial charge in [-0.2, -0.15) is 0 Å². The third-order valence-electron chi connectivity index (χ3n) is 1.05. The first-order valence-electron chi connectivity index (χ1n) is 2.75. The second-order valence-electron chi connectivity index (χ2n) is 1.73. The summed E-state index contributed by atoms with van der Waals surface area (Å²) in [6, 6.07) is 2.64. The third-order valence-corrected chi connectivity index (χ3v) is 1.05. The van der Waals surface area contributed by atoms with Gasteiger partial charge in [0.05, 0.1) is 0 Å². The van der Waals surface area contributed by atoms with Gasteiger partial charge in [0, 0.05) is 17.6 Å². The number of nitrogens with zero attached hydrogens (tertiary/aromatic N) is 3. The topological polar surface area (TPSA) is 79.5 Å². The standard InChI is InChI=1S/C5H5N3O3/c9-7(8(10)11)5-1-3-6-4-2-5/h1-4,9H. The molecule has 6 nitrogen and oxygen atoms in total. The Morgan fingerprint density at radius 2 is 2.09 bits per heavy atom. The number of hydrogen-bond acceptors (Lipinski definition) is 4. The normalized spacial score (nSPS) is 9.18. The molecule has 0 unspecified atom stereocenters. The van der Waals surface area contributed by atoms with E-state index in [4.69, 9.17) is 5.21 Å². The molecule has 0 spiro atoms. The van der Waals surface area contributed by atoms with Gasteiger partial charge in [0.1, 0.15) is 5.69 Å². The van der Waals surface area contributed by atoms with E-state index in [0.29, 0.717) is 0 Å². The van der Waals surface area contributed by atoms with E-state index >= 15 is 0 Å². The van der Waals surface area contributed by atoms with Gasteiger partial charge >= 0.3 is 0 Å². The largest absolute Gasteiger partial charge is 0.265 e. The second kappa shape index (κ2) is 2.93. The monoisotopic (exact) mass is 155 g/mol. The summed E-state index contributed by atoms with van der Waals surface area (Å²) in [7, 11) is 0. The van der Waals surface area contributed by atoms with Gasteiger partial charge in [0.2, 0.25) is 0 Å². The average molecular weight is 155 g/mol. The minimum atomic E-state index is -0.935. The molecular formula is C5H5N3O3. The van der Waals surface area contributed by atoms with Gasteiger partial charge in [0.15, 0.2) is 5.03 Å². The fraction of sp³-hybridized carbons (Fsp3) is 0. The summed E-state index contributed by atoms with van der Waals surface area (Å²) in [6.07, 6.45) is 2.70. The first-order chi connectivity index (χ1) is 5.22. The lowest BCUT2D eigenvalue weighted by molar-refractivity contribution is -0.541. The lowest BCUT2D eigenvalue weighted by Crippen LogP contribution is -2.25. The molecule has 0 atom stereocenters. The molecule has 0 aliphatic carbocycles. The second-order valence-corrected chi connectivity index (χ2v) is 1.73. The van der Waals surface area contributed by atoms with Crippen molar-refractivity contribution in [1.29, 1.82) is 0 Å². The van der Waals surface area contributed by atoms with Crippen LogP contribution < -0.4 is 5.17 Å². The van der Waals surface area contributed by atoms with Crippen LogP contribution >= 0.6 is 0 Å². The first-order valence-corrected chi connectivity index (χ1v) is 2.75. The smallest absolute Gasteiger partial charge is 0.192 e. The SMILES string of the molecule is O=[N+]([O-])N(O)c1ccncc1. The molecule has 0 radical (unpaired) electrons. The molecule has 1 rings (SSSR count). The third kappa shape index (κ3) is 1.62. The minimum Gasteiger partial charge on any atom is -0.265 e. The molecule has 1 heterocycles. The lowest BCUT2D eigenvalue weighted by atomic mass is 10.4. The van der Waals surface area contributed by atoms with E-state index in [0.717, 1.165) is 0 Å². The lowest BCUT2D eigenvalue weighted by Gasteiger charge is -2.02. The Hall–Kier alpha value is -1.69. The Labute approximate surface area is 61.8 Å². The Balaban J connectivity index is 2.85. The highest BCUT2D eigenvalue weighted by molar-refractivity contribution is 5.38. The van der Waals surface area contributed by atoms with Crippen molar-refractivity contribution >= 4 is 5.69 Å². The maximum absolute atomic E-state index is 9.96. The van der Waals surface area contributed by atoms with Crippen LogP contribution in [-0.2, 0) is 0 Å². The average Bonchev–Trinajstić information content (AvgIpc) is 2.05. The summed E-state index contributed by atoms with van der Waals surface area (Å²) in [5, 5.41) is 17.7. The maximum atomic E-state index is 9.96. The van der Waals surface area contributed by atoms with Crippen molar-refractivity contribution in [2.24, 2.45) is 0 Å². The van der Waals surface area contributed by atoms with Crippen LogP contribution in [0.5, 0.6) is 0 Å². The van der Waals surface area contributed by atoms with E-state index in [2.05, 4.69) is 4.98 Å². The number of hydrogen-bond donors (Lipinski definition) is 1. The fourth-order valence-electron chi connectivity index (χ4n) is 0.572. The predicted octanol–water partition coefficient (Wildman–Crippen LogP) is 0.469. The molecule has 0 aromatic carbocycles. The number of anilines is 1. The van der Waals surface area contributed by atoms with Crippen LogP contribution in [0, 0.1) is 10.1 Å². The van der Waals surface area contributed by atoms with E-state index < -0.39 is 5.03 Å². The van der Waals surface area contributed by atoms with Gasteiger partial charge in [-0.05, 0) is 12.1 Å². The van der Waals surface area contributed by atoms with Crippen molar-refractivity contribution in [3.63, 3.8) is 0 Å². The van der Waals surface area contributed by atoms with Gasteiger partial charge in [-0.1, -0.05) is 0 Å². The van der Waals surface area contributed by atoms with Crippen LogP contribution in [-0.4, -0.2) is 15.2 Å². The fourth-order valence-corrected chi connectivity index (χ4v) is 0.572. The van der Waals surface area contributed by atoms with Crippen LogP contribution in [0.4, 0.5) is 5.69 Å². The van der Waals surface area contributed by atoms with Crippen molar-refractivity contribution in [3.05, 3.63) is 34.6 Å². The summed E-state index contributed by atoms with van der Waals surface area (Å²) < 4.78 is 0. The van der Waals surface area contributed by atoms with Gasteiger partial charge in [-0.3, -0.25) is 4.98 Å². The summed E-state index contributed by atoms with van der Waals surface area (Å²) in [5.74, 6) is 0. The van der Waals surface area contributed by atoms with Crippen molar-refractivity contribution in [2.45, 2.75) is 0 Å².